The van der Waals surface area contributed by atoms with Crippen LogP contribution in [-0.2, 0) is 0 Å². The van der Waals surface area contributed by atoms with Gasteiger partial charge >= 0.3 is 0 Å². The van der Waals surface area contributed by atoms with Crippen LogP contribution < -0.4 is 5.32 Å². The predicted molar refractivity (Wildman–Crippen MR) is 80.4 cm³/mol. The molecular weight excluding hydrogens is 234 g/mol. The zero-order chi connectivity index (χ0) is 13.2. The van der Waals surface area contributed by atoms with Gasteiger partial charge in [-0.25, -0.2) is 0 Å². The van der Waals surface area contributed by atoms with Gasteiger partial charge in [-0.2, -0.15) is 0 Å². The van der Waals surface area contributed by atoms with E-state index in [1.807, 2.05) is 0 Å². The highest BCUT2D eigenvalue weighted by Gasteiger charge is 2.24. The van der Waals surface area contributed by atoms with Gasteiger partial charge in [-0.1, -0.05) is 18.2 Å². The fourth-order valence-electron chi connectivity index (χ4n) is 3.21. The lowest BCUT2D eigenvalue weighted by atomic mass is 9.97. The van der Waals surface area contributed by atoms with Gasteiger partial charge in [0.2, 0.25) is 0 Å². The summed E-state index contributed by atoms with van der Waals surface area (Å²) in [6, 6.07) is 9.73. The number of para-hydroxylation sites is 1. The van der Waals surface area contributed by atoms with E-state index in [2.05, 4.69) is 59.8 Å². The van der Waals surface area contributed by atoms with Gasteiger partial charge in [0, 0.05) is 29.2 Å². The first kappa shape index (κ1) is 12.7. The molecule has 1 saturated heterocycles. The quantitative estimate of drug-likeness (QED) is 0.882. The van der Waals surface area contributed by atoms with E-state index in [1.54, 1.807) is 0 Å². The van der Waals surface area contributed by atoms with Crippen molar-refractivity contribution < 1.29 is 0 Å². The summed E-state index contributed by atoms with van der Waals surface area (Å²) in [6.45, 7) is 1.18. The molecule has 3 nitrogen and oxygen atoms in total. The number of benzene rings is 1. The lowest BCUT2D eigenvalue weighted by Crippen LogP contribution is -2.29. The molecule has 1 aliphatic heterocycles. The Morgan fingerprint density at radius 3 is 2.89 bits per heavy atom. The first-order chi connectivity index (χ1) is 9.25. The van der Waals surface area contributed by atoms with Gasteiger partial charge in [-0.3, -0.25) is 0 Å². The Bertz CT molecular complexity index is 538. The number of aromatic amines is 1. The van der Waals surface area contributed by atoms with Crippen molar-refractivity contribution in [1.82, 2.24) is 15.2 Å². The molecule has 0 saturated carbocycles. The summed E-state index contributed by atoms with van der Waals surface area (Å²) in [5, 5.41) is 4.98. The molecule has 1 aromatic heterocycles. The third-order valence-corrected chi connectivity index (χ3v) is 4.27. The highest BCUT2D eigenvalue weighted by molar-refractivity contribution is 5.83. The van der Waals surface area contributed by atoms with Gasteiger partial charge < -0.3 is 15.2 Å². The predicted octanol–water partition coefficient (Wildman–Crippen LogP) is 2.91. The lowest BCUT2D eigenvalue weighted by molar-refractivity contribution is 0.264. The molecule has 1 aromatic carbocycles. The molecule has 1 aliphatic rings. The molecule has 0 radical (unpaired) electrons. The molecule has 3 rings (SSSR count). The number of nitrogens with one attached hydrogen (secondary N) is 2. The summed E-state index contributed by atoms with van der Waals surface area (Å²) < 4.78 is 0. The number of rotatable bonds is 4. The zero-order valence-corrected chi connectivity index (χ0v) is 11.8. The van der Waals surface area contributed by atoms with E-state index in [4.69, 9.17) is 0 Å². The fourth-order valence-corrected chi connectivity index (χ4v) is 3.21. The van der Waals surface area contributed by atoms with E-state index < -0.39 is 0 Å². The third-order valence-electron chi connectivity index (χ3n) is 4.27. The van der Waals surface area contributed by atoms with E-state index in [0.717, 1.165) is 0 Å². The van der Waals surface area contributed by atoms with Gasteiger partial charge in [0.05, 0.1) is 0 Å². The van der Waals surface area contributed by atoms with Crippen molar-refractivity contribution in [2.24, 2.45) is 0 Å². The average Bonchev–Trinajstić information content (AvgIpc) is 3.05. The van der Waals surface area contributed by atoms with Crippen molar-refractivity contribution >= 4 is 10.9 Å². The van der Waals surface area contributed by atoms with E-state index in [0.29, 0.717) is 12.1 Å². The first-order valence-electron chi connectivity index (χ1n) is 7.21. The monoisotopic (exact) mass is 257 g/mol. The van der Waals surface area contributed by atoms with Gasteiger partial charge in [0.1, 0.15) is 0 Å². The summed E-state index contributed by atoms with van der Waals surface area (Å²) in [4.78, 5) is 5.74. The van der Waals surface area contributed by atoms with Crippen LogP contribution in [0.15, 0.2) is 30.5 Å². The molecule has 19 heavy (non-hydrogen) atoms. The molecule has 2 atom stereocenters. The molecule has 0 bridgehead atoms. The third kappa shape index (κ3) is 2.53. The molecule has 1 fully saturated rings. The largest absolute Gasteiger partial charge is 0.361 e. The number of hydrogen-bond donors (Lipinski definition) is 2. The molecule has 2 N–H and O–H groups in total. The van der Waals surface area contributed by atoms with E-state index in [-0.39, 0.29) is 0 Å². The topological polar surface area (TPSA) is 31.1 Å². The second-order valence-corrected chi connectivity index (χ2v) is 5.80. The maximum Gasteiger partial charge on any atom is 0.0457 e. The highest BCUT2D eigenvalue weighted by atomic mass is 15.1. The Morgan fingerprint density at radius 2 is 2.16 bits per heavy atom. The van der Waals surface area contributed by atoms with Gasteiger partial charge in [0.15, 0.2) is 0 Å². The van der Waals surface area contributed by atoms with Crippen molar-refractivity contribution in [3.05, 3.63) is 36.0 Å². The van der Waals surface area contributed by atoms with Crippen molar-refractivity contribution in [2.75, 3.05) is 20.6 Å². The van der Waals surface area contributed by atoms with Crippen LogP contribution in [0.25, 0.3) is 10.9 Å². The number of fused-ring (bicyclic) bond motifs is 1. The maximum atomic E-state index is 3.62. The smallest absolute Gasteiger partial charge is 0.0457 e. The van der Waals surface area contributed by atoms with Crippen LogP contribution in [0.1, 0.15) is 30.9 Å². The van der Waals surface area contributed by atoms with Crippen LogP contribution in [0.2, 0.25) is 0 Å². The van der Waals surface area contributed by atoms with Crippen molar-refractivity contribution in [1.29, 1.82) is 0 Å². The summed E-state index contributed by atoms with van der Waals surface area (Å²) in [5.41, 5.74) is 2.66. The minimum atomic E-state index is 0.478. The molecule has 2 unspecified atom stereocenters. The van der Waals surface area contributed by atoms with Crippen LogP contribution in [0, 0.1) is 0 Å². The van der Waals surface area contributed by atoms with Crippen LogP contribution in [0.4, 0.5) is 0 Å². The highest BCUT2D eigenvalue weighted by Crippen LogP contribution is 2.31. The summed E-state index contributed by atoms with van der Waals surface area (Å²) in [7, 11) is 4.36. The minimum absolute atomic E-state index is 0.478. The molecule has 0 aliphatic carbocycles. The van der Waals surface area contributed by atoms with E-state index in [9.17, 15) is 0 Å². The van der Waals surface area contributed by atoms with Crippen LogP contribution in [0.3, 0.4) is 0 Å². The summed E-state index contributed by atoms with van der Waals surface area (Å²) in [5.74, 6) is 0. The van der Waals surface area contributed by atoms with Crippen LogP contribution >= 0.6 is 0 Å². The molecule has 2 aromatic rings. The Morgan fingerprint density at radius 1 is 1.32 bits per heavy atom. The number of aromatic nitrogens is 1. The Labute approximate surface area is 115 Å². The van der Waals surface area contributed by atoms with Crippen molar-refractivity contribution in [2.45, 2.75) is 31.3 Å². The average molecular weight is 257 g/mol. The molecular formula is C16H23N3. The zero-order valence-electron chi connectivity index (χ0n) is 11.8. The Balaban J connectivity index is 1.90. The lowest BCUT2D eigenvalue weighted by Gasteiger charge is -2.27. The summed E-state index contributed by atoms with van der Waals surface area (Å²) in [6.07, 6.45) is 6.00. The molecule has 0 amide bonds. The Hall–Kier alpha value is -1.32. The van der Waals surface area contributed by atoms with Crippen LogP contribution in [-0.4, -0.2) is 36.6 Å². The molecule has 2 heterocycles. The maximum absolute atomic E-state index is 3.62. The Kier molecular flexibility index (Phi) is 3.58. The van der Waals surface area contributed by atoms with Crippen molar-refractivity contribution in [3.8, 4) is 0 Å². The van der Waals surface area contributed by atoms with E-state index in [1.165, 1.54) is 42.3 Å². The number of hydrogen-bond acceptors (Lipinski definition) is 2. The standard InChI is InChI=1S/C16H23N3/c1-19(2)16(10-12-6-5-9-17-12)14-11-18-15-8-4-3-7-13(14)15/h3-4,7-8,11-12,16-18H,5-6,9-10H2,1-2H3. The second kappa shape index (κ2) is 5.35. The first-order valence-corrected chi connectivity index (χ1v) is 7.21. The second-order valence-electron chi connectivity index (χ2n) is 5.80. The van der Waals surface area contributed by atoms with E-state index >= 15 is 0 Å². The van der Waals surface area contributed by atoms with Gasteiger partial charge in [-0.15, -0.1) is 0 Å². The van der Waals surface area contributed by atoms with Crippen molar-refractivity contribution in [3.63, 3.8) is 0 Å². The molecule has 0 spiro atoms. The number of H-pyrrole nitrogens is 1. The number of nitrogens with zero attached hydrogens (tertiary/aromatic N) is 1. The molecule has 102 valence electrons. The summed E-state index contributed by atoms with van der Waals surface area (Å²) >= 11 is 0. The SMILES string of the molecule is CN(C)C(CC1CCCN1)c1c[nH]c2ccccc12. The minimum Gasteiger partial charge on any atom is -0.361 e. The van der Waals surface area contributed by atoms with Crippen LogP contribution in [0.5, 0.6) is 0 Å². The van der Waals surface area contributed by atoms with Gasteiger partial charge in [-0.05, 0) is 51.5 Å². The fraction of sp³-hybridized carbons (Fsp3) is 0.500. The molecule has 3 heteroatoms. The van der Waals surface area contributed by atoms with Gasteiger partial charge in [0.25, 0.3) is 0 Å². The normalized spacial score (nSPS) is 21.3.